The molecule has 1 N–H and O–H groups in total. The van der Waals surface area contributed by atoms with E-state index in [4.69, 9.17) is 0 Å². The summed E-state index contributed by atoms with van der Waals surface area (Å²) in [6.07, 6.45) is 1.64. The molecule has 0 unspecified atom stereocenters. The van der Waals surface area contributed by atoms with Gasteiger partial charge in [-0.15, -0.1) is 11.3 Å². The minimum Gasteiger partial charge on any atom is -0.339 e. The van der Waals surface area contributed by atoms with E-state index in [0.717, 1.165) is 21.7 Å². The van der Waals surface area contributed by atoms with Gasteiger partial charge in [0.05, 0.1) is 5.39 Å². The summed E-state index contributed by atoms with van der Waals surface area (Å²) in [5.74, 6) is 0.859. The Morgan fingerprint density at radius 3 is 2.54 bits per heavy atom. The van der Waals surface area contributed by atoms with E-state index in [1.165, 1.54) is 33.4 Å². The minimum absolute atomic E-state index is 0.859. The third-order valence-corrected chi connectivity index (χ3v) is 5.93. The third kappa shape index (κ3) is 2.86. The van der Waals surface area contributed by atoms with Crippen molar-refractivity contribution in [1.29, 1.82) is 0 Å². The molecule has 0 spiro atoms. The summed E-state index contributed by atoms with van der Waals surface area (Å²) in [7, 11) is 0. The molecule has 0 aliphatic rings. The Bertz CT molecular complexity index is 1110. The van der Waals surface area contributed by atoms with Crippen molar-refractivity contribution in [3.63, 3.8) is 0 Å². The van der Waals surface area contributed by atoms with Crippen molar-refractivity contribution < 1.29 is 0 Å². The number of rotatable bonds is 3. The van der Waals surface area contributed by atoms with Gasteiger partial charge in [0.1, 0.15) is 17.0 Å². The highest BCUT2D eigenvalue weighted by Gasteiger charge is 2.14. The van der Waals surface area contributed by atoms with Crippen molar-refractivity contribution >= 4 is 33.1 Å². The fraction of sp³-hybridized carbons (Fsp3) is 0.182. The van der Waals surface area contributed by atoms with Gasteiger partial charge in [0.25, 0.3) is 0 Å². The van der Waals surface area contributed by atoms with Crippen molar-refractivity contribution in [1.82, 2.24) is 9.97 Å². The van der Waals surface area contributed by atoms with Crippen molar-refractivity contribution in [2.45, 2.75) is 27.7 Å². The maximum absolute atomic E-state index is 4.56. The number of aryl methyl sites for hydroxylation is 3. The van der Waals surface area contributed by atoms with Gasteiger partial charge in [-0.3, -0.25) is 0 Å². The van der Waals surface area contributed by atoms with Gasteiger partial charge in [0, 0.05) is 16.6 Å². The Kier molecular flexibility index (Phi) is 4.21. The van der Waals surface area contributed by atoms with E-state index in [-0.39, 0.29) is 0 Å². The summed E-state index contributed by atoms with van der Waals surface area (Å²) < 4.78 is 0. The normalized spacial score (nSPS) is 11.1. The average Bonchev–Trinajstić information content (AvgIpc) is 3.06. The van der Waals surface area contributed by atoms with Crippen LogP contribution in [-0.4, -0.2) is 9.97 Å². The van der Waals surface area contributed by atoms with Crippen molar-refractivity contribution in [3.05, 3.63) is 70.4 Å². The summed E-state index contributed by atoms with van der Waals surface area (Å²) in [4.78, 5) is 10.0. The second-order valence-corrected chi connectivity index (χ2v) is 7.58. The topological polar surface area (TPSA) is 37.8 Å². The molecule has 0 saturated carbocycles. The van der Waals surface area contributed by atoms with Crippen LogP contribution in [0.3, 0.4) is 0 Å². The lowest BCUT2D eigenvalue weighted by atomic mass is 10.0. The first-order valence-electron chi connectivity index (χ1n) is 8.67. The monoisotopic (exact) mass is 359 g/mol. The molecule has 0 saturated heterocycles. The molecule has 0 fully saturated rings. The van der Waals surface area contributed by atoms with E-state index in [0.29, 0.717) is 0 Å². The second kappa shape index (κ2) is 6.54. The maximum atomic E-state index is 4.56. The van der Waals surface area contributed by atoms with E-state index < -0.39 is 0 Å². The van der Waals surface area contributed by atoms with E-state index in [1.54, 1.807) is 17.7 Å². The summed E-state index contributed by atoms with van der Waals surface area (Å²) in [5.41, 5.74) is 8.57. The maximum Gasteiger partial charge on any atom is 0.143 e. The van der Waals surface area contributed by atoms with Gasteiger partial charge < -0.3 is 5.32 Å². The summed E-state index contributed by atoms with van der Waals surface area (Å²) in [6, 6.07) is 12.9. The number of aromatic nitrogens is 2. The van der Waals surface area contributed by atoms with E-state index in [9.17, 15) is 0 Å². The molecule has 0 amide bonds. The largest absolute Gasteiger partial charge is 0.339 e. The lowest BCUT2D eigenvalue weighted by molar-refractivity contribution is 1.22. The summed E-state index contributed by atoms with van der Waals surface area (Å²) >= 11 is 1.66. The molecule has 26 heavy (non-hydrogen) atoms. The van der Waals surface area contributed by atoms with Crippen LogP contribution >= 0.6 is 11.3 Å². The van der Waals surface area contributed by atoms with Gasteiger partial charge in [-0.25, -0.2) is 9.97 Å². The van der Waals surface area contributed by atoms with Gasteiger partial charge in [0.2, 0.25) is 0 Å². The number of nitrogens with one attached hydrogen (secondary N) is 1. The molecule has 0 aliphatic heterocycles. The Hall–Kier alpha value is -2.72. The van der Waals surface area contributed by atoms with E-state index in [2.05, 4.69) is 84.8 Å². The number of hydrogen-bond acceptors (Lipinski definition) is 4. The van der Waals surface area contributed by atoms with Crippen LogP contribution in [0.1, 0.15) is 22.3 Å². The number of hydrogen-bond donors (Lipinski definition) is 1. The zero-order valence-corrected chi connectivity index (χ0v) is 16.2. The van der Waals surface area contributed by atoms with Gasteiger partial charge in [-0.1, -0.05) is 30.3 Å². The van der Waals surface area contributed by atoms with Crippen LogP contribution in [0.4, 0.5) is 11.5 Å². The number of fused-ring (bicyclic) bond motifs is 1. The molecule has 2 heterocycles. The first-order chi connectivity index (χ1) is 12.5. The first-order valence-corrected chi connectivity index (χ1v) is 9.55. The Morgan fingerprint density at radius 2 is 1.73 bits per heavy atom. The van der Waals surface area contributed by atoms with Gasteiger partial charge in [0.15, 0.2) is 0 Å². The van der Waals surface area contributed by atoms with E-state index >= 15 is 0 Å². The lowest BCUT2D eigenvalue weighted by Crippen LogP contribution is -1.98. The van der Waals surface area contributed by atoms with Crippen LogP contribution in [0.25, 0.3) is 21.3 Å². The first kappa shape index (κ1) is 16.7. The molecular formula is C22H21N3S. The summed E-state index contributed by atoms with van der Waals surface area (Å²) in [6.45, 7) is 8.55. The van der Waals surface area contributed by atoms with Crippen LogP contribution in [0.15, 0.2) is 48.1 Å². The molecular weight excluding hydrogens is 338 g/mol. The molecule has 0 radical (unpaired) electrons. The SMILES string of the molecule is Cc1ccc(-c2csc3ncnc(Nc4cccc(C)c4C)c23)cc1C. The smallest absolute Gasteiger partial charge is 0.143 e. The predicted molar refractivity (Wildman–Crippen MR) is 112 cm³/mol. The molecule has 130 valence electrons. The lowest BCUT2D eigenvalue weighted by Gasteiger charge is -2.12. The zero-order chi connectivity index (χ0) is 18.3. The third-order valence-electron chi connectivity index (χ3n) is 5.05. The number of benzene rings is 2. The molecule has 4 heteroatoms. The van der Waals surface area contributed by atoms with Crippen LogP contribution in [-0.2, 0) is 0 Å². The highest BCUT2D eigenvalue weighted by atomic mass is 32.1. The molecule has 2 aromatic carbocycles. The zero-order valence-electron chi connectivity index (χ0n) is 15.4. The van der Waals surface area contributed by atoms with Crippen LogP contribution in [0, 0.1) is 27.7 Å². The molecule has 0 aliphatic carbocycles. The number of thiophene rings is 1. The second-order valence-electron chi connectivity index (χ2n) is 6.72. The number of anilines is 2. The molecule has 0 atom stereocenters. The van der Waals surface area contributed by atoms with Crippen molar-refractivity contribution in [3.8, 4) is 11.1 Å². The molecule has 4 aromatic rings. The molecule has 2 aromatic heterocycles. The molecule has 0 bridgehead atoms. The Morgan fingerprint density at radius 1 is 0.885 bits per heavy atom. The highest BCUT2D eigenvalue weighted by molar-refractivity contribution is 7.17. The molecule has 3 nitrogen and oxygen atoms in total. The fourth-order valence-electron chi connectivity index (χ4n) is 3.11. The van der Waals surface area contributed by atoms with Gasteiger partial charge in [-0.05, 0) is 61.6 Å². The Balaban J connectivity index is 1.87. The fourth-order valence-corrected chi connectivity index (χ4v) is 4.02. The van der Waals surface area contributed by atoms with Crippen LogP contribution < -0.4 is 5.32 Å². The number of nitrogens with zero attached hydrogens (tertiary/aromatic N) is 2. The standard InChI is InChI=1S/C22H21N3S/c1-13-8-9-17(10-15(13)3)18-11-26-22-20(18)21(23-12-24-22)25-19-7-5-6-14(2)16(19)4/h5-12H,1-4H3,(H,23,24,25). The van der Waals surface area contributed by atoms with Gasteiger partial charge in [-0.2, -0.15) is 0 Å². The highest BCUT2D eigenvalue weighted by Crippen LogP contribution is 2.38. The molecule has 4 rings (SSSR count). The Labute approximate surface area is 157 Å². The van der Waals surface area contributed by atoms with Gasteiger partial charge >= 0.3 is 0 Å². The quantitative estimate of drug-likeness (QED) is 0.464. The van der Waals surface area contributed by atoms with Crippen LogP contribution in [0.2, 0.25) is 0 Å². The van der Waals surface area contributed by atoms with E-state index in [1.807, 2.05) is 0 Å². The predicted octanol–water partition coefficient (Wildman–Crippen LogP) is 6.34. The minimum atomic E-state index is 0.859. The van der Waals surface area contributed by atoms with Crippen molar-refractivity contribution in [2.75, 3.05) is 5.32 Å². The summed E-state index contributed by atoms with van der Waals surface area (Å²) in [5, 5.41) is 6.80. The van der Waals surface area contributed by atoms with Crippen LogP contribution in [0.5, 0.6) is 0 Å². The average molecular weight is 359 g/mol. The van der Waals surface area contributed by atoms with Crippen molar-refractivity contribution in [2.24, 2.45) is 0 Å².